The van der Waals surface area contributed by atoms with Gasteiger partial charge in [-0.15, -0.1) is 0 Å². The Morgan fingerprint density at radius 3 is 2.76 bits per heavy atom. The summed E-state index contributed by atoms with van der Waals surface area (Å²) in [7, 11) is 0. The highest BCUT2D eigenvalue weighted by molar-refractivity contribution is 9.10. The molecule has 1 saturated carbocycles. The van der Waals surface area contributed by atoms with Gasteiger partial charge in [0, 0.05) is 16.5 Å². The van der Waals surface area contributed by atoms with Gasteiger partial charge in [0.15, 0.2) is 0 Å². The molecule has 2 nitrogen and oxygen atoms in total. The number of aromatic amines is 1. The highest BCUT2D eigenvalue weighted by Gasteiger charge is 2.29. The summed E-state index contributed by atoms with van der Waals surface area (Å²) in [5.41, 5.74) is 2.85. The predicted molar refractivity (Wildman–Crippen MR) is 73.7 cm³/mol. The topological polar surface area (TPSA) is 28.7 Å². The maximum atomic E-state index is 6.17. The van der Waals surface area contributed by atoms with Crippen molar-refractivity contribution in [3.05, 3.63) is 38.4 Å². The van der Waals surface area contributed by atoms with E-state index in [0.717, 1.165) is 21.4 Å². The second-order valence-electron chi connectivity index (χ2n) is 4.20. The third kappa shape index (κ3) is 2.12. The van der Waals surface area contributed by atoms with Crippen LogP contribution in [0.15, 0.2) is 22.7 Å². The molecule has 1 aromatic heterocycles. The fourth-order valence-corrected chi connectivity index (χ4v) is 2.94. The average molecular weight is 332 g/mol. The molecule has 1 aliphatic carbocycles. The van der Waals surface area contributed by atoms with Gasteiger partial charge in [-0.05, 0) is 47.0 Å². The fourth-order valence-electron chi connectivity index (χ4n) is 1.84. The Morgan fingerprint density at radius 2 is 2.06 bits per heavy atom. The summed E-state index contributed by atoms with van der Waals surface area (Å²) in [6.07, 6.45) is 2.45. The third-order valence-corrected chi connectivity index (χ3v) is 4.27. The van der Waals surface area contributed by atoms with Crippen LogP contribution < -0.4 is 0 Å². The summed E-state index contributed by atoms with van der Waals surface area (Å²) < 4.78 is 1.00. The lowest BCUT2D eigenvalue weighted by Gasteiger charge is -2.02. The molecule has 88 valence electrons. The first-order valence-corrected chi connectivity index (χ1v) is 6.91. The van der Waals surface area contributed by atoms with Gasteiger partial charge in [-0.1, -0.05) is 23.2 Å². The molecule has 17 heavy (non-hydrogen) atoms. The van der Waals surface area contributed by atoms with E-state index >= 15 is 0 Å². The van der Waals surface area contributed by atoms with Gasteiger partial charge in [-0.2, -0.15) is 5.10 Å². The molecule has 1 fully saturated rings. The van der Waals surface area contributed by atoms with Crippen LogP contribution in [0.5, 0.6) is 0 Å². The van der Waals surface area contributed by atoms with Crippen molar-refractivity contribution >= 4 is 39.1 Å². The first-order chi connectivity index (χ1) is 8.16. The minimum atomic E-state index is 0.614. The van der Waals surface area contributed by atoms with Crippen molar-refractivity contribution in [1.82, 2.24) is 10.2 Å². The highest BCUT2D eigenvalue weighted by atomic mass is 79.9. The molecule has 0 unspecified atom stereocenters. The van der Waals surface area contributed by atoms with Gasteiger partial charge < -0.3 is 0 Å². The largest absolute Gasteiger partial charge is 0.280 e. The lowest BCUT2D eigenvalue weighted by molar-refractivity contribution is 0.963. The van der Waals surface area contributed by atoms with Crippen LogP contribution in [0.2, 0.25) is 10.0 Å². The van der Waals surface area contributed by atoms with Crippen molar-refractivity contribution in [3.63, 3.8) is 0 Å². The zero-order valence-electron chi connectivity index (χ0n) is 8.80. The van der Waals surface area contributed by atoms with Crippen LogP contribution in [-0.4, -0.2) is 10.2 Å². The van der Waals surface area contributed by atoms with Gasteiger partial charge >= 0.3 is 0 Å². The van der Waals surface area contributed by atoms with Gasteiger partial charge in [0.25, 0.3) is 0 Å². The monoisotopic (exact) mass is 330 g/mol. The van der Waals surface area contributed by atoms with Crippen LogP contribution in [-0.2, 0) is 0 Å². The SMILES string of the molecule is Clc1ccc(Cl)c(-c2n[nH]c(C3CC3)c2Br)c1. The fraction of sp³-hybridized carbons (Fsp3) is 0.250. The van der Waals surface area contributed by atoms with Crippen LogP contribution in [0.4, 0.5) is 0 Å². The summed E-state index contributed by atoms with van der Waals surface area (Å²) in [4.78, 5) is 0. The lowest BCUT2D eigenvalue weighted by atomic mass is 10.1. The molecule has 0 spiro atoms. The van der Waals surface area contributed by atoms with E-state index in [4.69, 9.17) is 23.2 Å². The second kappa shape index (κ2) is 4.30. The Morgan fingerprint density at radius 1 is 1.29 bits per heavy atom. The number of hydrogen-bond acceptors (Lipinski definition) is 1. The van der Waals surface area contributed by atoms with Gasteiger partial charge in [-0.3, -0.25) is 5.10 Å². The van der Waals surface area contributed by atoms with E-state index in [1.165, 1.54) is 12.8 Å². The van der Waals surface area contributed by atoms with E-state index in [1.54, 1.807) is 12.1 Å². The zero-order chi connectivity index (χ0) is 12.0. The average Bonchev–Trinajstić information content (AvgIpc) is 3.07. The summed E-state index contributed by atoms with van der Waals surface area (Å²) in [6.45, 7) is 0. The highest BCUT2D eigenvalue weighted by Crippen LogP contribution is 2.45. The van der Waals surface area contributed by atoms with E-state index in [9.17, 15) is 0 Å². The molecule has 1 heterocycles. The Hall–Kier alpha value is -0.510. The number of rotatable bonds is 2. The van der Waals surface area contributed by atoms with Crippen molar-refractivity contribution in [1.29, 1.82) is 0 Å². The Balaban J connectivity index is 2.11. The molecule has 2 aromatic rings. The molecule has 0 aliphatic heterocycles. The molecule has 0 bridgehead atoms. The van der Waals surface area contributed by atoms with E-state index < -0.39 is 0 Å². The van der Waals surface area contributed by atoms with E-state index in [2.05, 4.69) is 26.1 Å². The molecular weight excluding hydrogens is 323 g/mol. The number of nitrogens with zero attached hydrogens (tertiary/aromatic N) is 1. The number of hydrogen-bond donors (Lipinski definition) is 1. The van der Waals surface area contributed by atoms with Crippen molar-refractivity contribution in [2.75, 3.05) is 0 Å². The molecule has 1 aromatic carbocycles. The molecule has 0 amide bonds. The van der Waals surface area contributed by atoms with Crippen LogP contribution in [0, 0.1) is 0 Å². The van der Waals surface area contributed by atoms with Crippen LogP contribution >= 0.6 is 39.1 Å². The molecule has 5 heteroatoms. The Bertz CT molecular complexity index is 576. The number of H-pyrrole nitrogens is 1. The quantitative estimate of drug-likeness (QED) is 0.822. The Labute approximate surface area is 117 Å². The second-order valence-corrected chi connectivity index (χ2v) is 5.83. The predicted octanol–water partition coefficient (Wildman–Crippen LogP) is 5.02. The number of benzene rings is 1. The molecule has 3 rings (SSSR count). The number of aromatic nitrogens is 2. The zero-order valence-corrected chi connectivity index (χ0v) is 11.9. The van der Waals surface area contributed by atoms with Gasteiger partial charge in [0.1, 0.15) is 5.69 Å². The summed E-state index contributed by atoms with van der Waals surface area (Å²) in [6, 6.07) is 5.40. The summed E-state index contributed by atoms with van der Waals surface area (Å²) in [5, 5.41) is 8.73. The van der Waals surface area contributed by atoms with Crippen molar-refractivity contribution in [2.45, 2.75) is 18.8 Å². The maximum Gasteiger partial charge on any atom is 0.108 e. The maximum absolute atomic E-state index is 6.17. The smallest absolute Gasteiger partial charge is 0.108 e. The van der Waals surface area contributed by atoms with Crippen LogP contribution in [0.25, 0.3) is 11.3 Å². The molecule has 0 saturated heterocycles. The summed E-state index contributed by atoms with van der Waals surface area (Å²) in [5.74, 6) is 0.614. The van der Waals surface area contributed by atoms with E-state index in [-0.39, 0.29) is 0 Å². The van der Waals surface area contributed by atoms with Crippen molar-refractivity contribution < 1.29 is 0 Å². The van der Waals surface area contributed by atoms with E-state index in [1.807, 2.05) is 6.07 Å². The standard InChI is InChI=1S/C12H9BrCl2N2/c13-10-11(6-1-2-6)16-17-12(10)8-5-7(14)3-4-9(8)15/h3-6H,1-2H2,(H,16,17). The third-order valence-electron chi connectivity index (χ3n) is 2.90. The van der Waals surface area contributed by atoms with Crippen LogP contribution in [0.1, 0.15) is 24.5 Å². The molecule has 0 radical (unpaired) electrons. The number of halogens is 3. The molecule has 1 N–H and O–H groups in total. The van der Waals surface area contributed by atoms with Gasteiger partial charge in [-0.25, -0.2) is 0 Å². The minimum Gasteiger partial charge on any atom is -0.280 e. The van der Waals surface area contributed by atoms with Crippen LogP contribution in [0.3, 0.4) is 0 Å². The minimum absolute atomic E-state index is 0.614. The first-order valence-electron chi connectivity index (χ1n) is 5.36. The molecule has 0 atom stereocenters. The normalized spacial score (nSPS) is 15.2. The van der Waals surface area contributed by atoms with Gasteiger partial charge in [0.05, 0.1) is 15.2 Å². The Kier molecular flexibility index (Phi) is 2.93. The van der Waals surface area contributed by atoms with Crippen molar-refractivity contribution in [3.8, 4) is 11.3 Å². The first kappa shape index (κ1) is 11.6. The molecular formula is C12H9BrCl2N2. The number of nitrogens with one attached hydrogen (secondary N) is 1. The van der Waals surface area contributed by atoms with Gasteiger partial charge in [0.2, 0.25) is 0 Å². The summed E-state index contributed by atoms with van der Waals surface area (Å²) >= 11 is 15.8. The van der Waals surface area contributed by atoms with E-state index in [0.29, 0.717) is 16.0 Å². The molecule has 1 aliphatic rings. The lowest BCUT2D eigenvalue weighted by Crippen LogP contribution is -1.81. The van der Waals surface area contributed by atoms with Crippen molar-refractivity contribution in [2.24, 2.45) is 0 Å².